The lowest BCUT2D eigenvalue weighted by molar-refractivity contribution is 1.30. The van der Waals surface area contributed by atoms with Crippen molar-refractivity contribution in [3.05, 3.63) is 200 Å². The molecule has 0 bridgehead atoms. The molecule has 0 aliphatic heterocycles. The smallest absolute Gasteiger partial charge is 0.0640 e. The van der Waals surface area contributed by atoms with Gasteiger partial charge in [-0.3, -0.25) is 0 Å². The second kappa shape index (κ2) is 13.1. The summed E-state index contributed by atoms with van der Waals surface area (Å²) in [5, 5.41) is 7.70. The van der Waals surface area contributed by atoms with Gasteiger partial charge in [-0.1, -0.05) is 158 Å². The van der Waals surface area contributed by atoms with Crippen LogP contribution in [0.15, 0.2) is 200 Å². The predicted molar refractivity (Wildman–Crippen MR) is 241 cm³/mol. The Bertz CT molecular complexity index is 3210. The normalized spacial score (nSPS) is 11.6. The van der Waals surface area contributed by atoms with Gasteiger partial charge in [0.05, 0.1) is 16.1 Å². The van der Waals surface area contributed by atoms with Crippen molar-refractivity contribution in [2.45, 2.75) is 0 Å². The zero-order chi connectivity index (χ0) is 36.3. The number of para-hydroxylation sites is 1. The molecule has 0 N–H and O–H groups in total. The molecule has 11 aromatic rings. The van der Waals surface area contributed by atoms with Crippen molar-refractivity contribution in [2.24, 2.45) is 0 Å². The molecule has 3 heteroatoms. The lowest BCUT2D eigenvalue weighted by Crippen LogP contribution is -2.11. The standard InChI is InChI=1S/C52H33NS2/c1-2-13-36(14-3-1)42-18-10-19-45-46-20-11-22-48(52(46)55-51(42)45)53(47-21-8-6-16-41(47)39-25-24-34-12-4-5-15-37(34)32-39)40-29-26-35(27-30-40)38-28-31-44-43-17-7-9-23-49(43)54-50(44)33-38/h1-33H. The fraction of sp³-hybridized carbons (Fsp3) is 0. The van der Waals surface area contributed by atoms with Gasteiger partial charge in [0, 0.05) is 46.9 Å². The van der Waals surface area contributed by atoms with Crippen molar-refractivity contribution >= 4 is 90.9 Å². The molecule has 0 unspecified atom stereocenters. The van der Waals surface area contributed by atoms with E-state index in [1.54, 1.807) is 0 Å². The first kappa shape index (κ1) is 32.0. The molecular weight excluding hydrogens is 703 g/mol. The molecule has 0 spiro atoms. The highest BCUT2D eigenvalue weighted by molar-refractivity contribution is 7.27. The van der Waals surface area contributed by atoms with E-state index in [0.29, 0.717) is 0 Å². The van der Waals surface area contributed by atoms with E-state index in [1.807, 2.05) is 22.7 Å². The number of rotatable bonds is 6. The SMILES string of the molecule is c1ccc(-c2cccc3c2sc2c(N(c4ccc(-c5ccc6c(c5)sc5ccccc56)cc4)c4ccccc4-c4ccc5ccccc5c4)cccc23)cc1. The average Bonchev–Trinajstić information content (AvgIpc) is 3.83. The summed E-state index contributed by atoms with van der Waals surface area (Å²) in [6.45, 7) is 0. The Hall–Kier alpha value is -6.52. The lowest BCUT2D eigenvalue weighted by atomic mass is 9.98. The van der Waals surface area contributed by atoms with Crippen LogP contribution >= 0.6 is 22.7 Å². The molecule has 0 aliphatic carbocycles. The maximum absolute atomic E-state index is 2.48. The van der Waals surface area contributed by atoms with Crippen LogP contribution in [0, 0.1) is 0 Å². The van der Waals surface area contributed by atoms with Gasteiger partial charge in [-0.2, -0.15) is 0 Å². The summed E-state index contributed by atoms with van der Waals surface area (Å²) in [6.07, 6.45) is 0. The number of hydrogen-bond donors (Lipinski definition) is 0. The number of anilines is 3. The molecule has 0 fully saturated rings. The molecule has 0 amide bonds. The highest BCUT2D eigenvalue weighted by atomic mass is 32.1. The fourth-order valence-electron chi connectivity index (χ4n) is 8.21. The molecular formula is C52H33NS2. The molecule has 0 radical (unpaired) electrons. The van der Waals surface area contributed by atoms with Gasteiger partial charge in [0.15, 0.2) is 0 Å². The third kappa shape index (κ3) is 5.43. The first-order valence-corrected chi connectivity index (χ1v) is 20.3. The van der Waals surface area contributed by atoms with E-state index >= 15 is 0 Å². The number of benzene rings is 9. The average molecular weight is 736 g/mol. The van der Waals surface area contributed by atoms with Crippen LogP contribution in [-0.2, 0) is 0 Å². The van der Waals surface area contributed by atoms with E-state index in [9.17, 15) is 0 Å². The molecule has 9 aromatic carbocycles. The third-order valence-corrected chi connectivity index (χ3v) is 13.3. The summed E-state index contributed by atoms with van der Waals surface area (Å²) in [5.74, 6) is 0. The Morgan fingerprint density at radius 2 is 0.945 bits per heavy atom. The molecule has 258 valence electrons. The van der Waals surface area contributed by atoms with Gasteiger partial charge in [0.2, 0.25) is 0 Å². The van der Waals surface area contributed by atoms with Crippen molar-refractivity contribution in [3.63, 3.8) is 0 Å². The van der Waals surface area contributed by atoms with E-state index in [2.05, 4.69) is 205 Å². The van der Waals surface area contributed by atoms with Crippen molar-refractivity contribution in [1.29, 1.82) is 0 Å². The number of fused-ring (bicyclic) bond motifs is 7. The summed E-state index contributed by atoms with van der Waals surface area (Å²) in [6, 6.07) is 73.4. The molecule has 55 heavy (non-hydrogen) atoms. The van der Waals surface area contributed by atoms with Crippen LogP contribution in [0.4, 0.5) is 17.1 Å². The summed E-state index contributed by atoms with van der Waals surface area (Å²) in [5.41, 5.74) is 10.8. The molecule has 2 aromatic heterocycles. The topological polar surface area (TPSA) is 3.24 Å². The fourth-order valence-corrected chi connectivity index (χ4v) is 10.7. The summed E-state index contributed by atoms with van der Waals surface area (Å²) in [7, 11) is 0. The van der Waals surface area contributed by atoms with Gasteiger partial charge in [0.1, 0.15) is 0 Å². The van der Waals surface area contributed by atoms with Crippen LogP contribution in [0.1, 0.15) is 0 Å². The van der Waals surface area contributed by atoms with Gasteiger partial charge < -0.3 is 4.90 Å². The minimum atomic E-state index is 1.12. The minimum absolute atomic E-state index is 1.12. The van der Waals surface area contributed by atoms with Crippen molar-refractivity contribution < 1.29 is 0 Å². The van der Waals surface area contributed by atoms with Crippen molar-refractivity contribution in [2.75, 3.05) is 4.90 Å². The maximum Gasteiger partial charge on any atom is 0.0640 e. The zero-order valence-corrected chi connectivity index (χ0v) is 31.4. The van der Waals surface area contributed by atoms with E-state index in [-0.39, 0.29) is 0 Å². The molecule has 0 saturated heterocycles. The van der Waals surface area contributed by atoms with Crippen LogP contribution in [0.2, 0.25) is 0 Å². The van der Waals surface area contributed by atoms with Gasteiger partial charge in [-0.05, 0) is 81.1 Å². The lowest BCUT2D eigenvalue weighted by Gasteiger charge is -2.28. The molecule has 0 aliphatic rings. The molecule has 0 saturated carbocycles. The Labute approximate surface area is 327 Å². The highest BCUT2D eigenvalue weighted by Crippen LogP contribution is 2.49. The molecule has 0 atom stereocenters. The van der Waals surface area contributed by atoms with E-state index in [0.717, 1.165) is 11.4 Å². The van der Waals surface area contributed by atoms with Gasteiger partial charge in [0.25, 0.3) is 0 Å². The van der Waals surface area contributed by atoms with Crippen molar-refractivity contribution in [1.82, 2.24) is 0 Å². The first-order chi connectivity index (χ1) is 27.3. The van der Waals surface area contributed by atoms with Crippen LogP contribution in [0.3, 0.4) is 0 Å². The maximum atomic E-state index is 2.48. The van der Waals surface area contributed by atoms with Crippen LogP contribution in [-0.4, -0.2) is 0 Å². The molecule has 11 rings (SSSR count). The van der Waals surface area contributed by atoms with Crippen LogP contribution in [0.25, 0.3) is 84.5 Å². The number of nitrogens with zero attached hydrogens (tertiary/aromatic N) is 1. The second-order valence-electron chi connectivity index (χ2n) is 14.1. The highest BCUT2D eigenvalue weighted by Gasteiger charge is 2.22. The predicted octanol–water partition coefficient (Wildman–Crippen LogP) is 16.0. The second-order valence-corrected chi connectivity index (χ2v) is 16.2. The number of thiophene rings is 2. The van der Waals surface area contributed by atoms with E-state index < -0.39 is 0 Å². The summed E-state index contributed by atoms with van der Waals surface area (Å²) in [4.78, 5) is 2.48. The minimum Gasteiger partial charge on any atom is -0.308 e. The van der Waals surface area contributed by atoms with Gasteiger partial charge in [-0.25, -0.2) is 0 Å². The molecule has 1 nitrogen and oxygen atoms in total. The zero-order valence-electron chi connectivity index (χ0n) is 29.8. The van der Waals surface area contributed by atoms with Crippen molar-refractivity contribution in [3.8, 4) is 33.4 Å². The van der Waals surface area contributed by atoms with Gasteiger partial charge in [-0.15, -0.1) is 22.7 Å². The third-order valence-electron chi connectivity index (χ3n) is 10.9. The Morgan fingerprint density at radius 3 is 1.84 bits per heavy atom. The Kier molecular flexibility index (Phi) is 7.61. The Balaban J connectivity index is 1.10. The molecule has 2 heterocycles. The van der Waals surface area contributed by atoms with E-state index in [1.165, 1.54) is 90.2 Å². The van der Waals surface area contributed by atoms with Gasteiger partial charge >= 0.3 is 0 Å². The first-order valence-electron chi connectivity index (χ1n) is 18.7. The van der Waals surface area contributed by atoms with Crippen LogP contribution < -0.4 is 4.90 Å². The summed E-state index contributed by atoms with van der Waals surface area (Å²) < 4.78 is 5.23. The largest absolute Gasteiger partial charge is 0.308 e. The summed E-state index contributed by atoms with van der Waals surface area (Å²) >= 11 is 3.76. The quantitative estimate of drug-likeness (QED) is 0.164. The van der Waals surface area contributed by atoms with E-state index in [4.69, 9.17) is 0 Å². The van der Waals surface area contributed by atoms with Crippen LogP contribution in [0.5, 0.6) is 0 Å². The Morgan fingerprint density at radius 1 is 0.309 bits per heavy atom. The monoisotopic (exact) mass is 735 g/mol. The number of hydrogen-bond acceptors (Lipinski definition) is 3.